The predicted molar refractivity (Wildman–Crippen MR) is 183 cm³/mol. The molecule has 0 saturated carbocycles. The van der Waals surface area contributed by atoms with E-state index >= 15 is 0 Å². The molecule has 0 aliphatic rings. The maximum absolute atomic E-state index is 12.5. The number of methoxy groups -OCH3 is 2. The van der Waals surface area contributed by atoms with Crippen molar-refractivity contribution >= 4 is 35.3 Å². The fraction of sp³-hybridized carbons (Fsp3) is 0.314. The fourth-order valence-electron chi connectivity index (χ4n) is 4.82. The Labute approximate surface area is 284 Å². The highest BCUT2D eigenvalue weighted by molar-refractivity contribution is 6.39. The number of aliphatic carboxylic acids is 1. The van der Waals surface area contributed by atoms with Gasteiger partial charge in [-0.1, -0.05) is 53.5 Å². The van der Waals surface area contributed by atoms with Crippen molar-refractivity contribution in [1.29, 1.82) is 0 Å². The summed E-state index contributed by atoms with van der Waals surface area (Å²) in [7, 11) is 4.75. The Morgan fingerprint density at radius 3 is 2.32 bits per heavy atom. The van der Waals surface area contributed by atoms with Gasteiger partial charge in [-0.2, -0.15) is 0 Å². The summed E-state index contributed by atoms with van der Waals surface area (Å²) in [6, 6.07) is 16.7. The highest BCUT2D eigenvalue weighted by Crippen LogP contribution is 2.42. The quantitative estimate of drug-likeness (QED) is 0.145. The van der Waals surface area contributed by atoms with E-state index in [1.807, 2.05) is 69.3 Å². The summed E-state index contributed by atoms with van der Waals surface area (Å²) in [6.45, 7) is 6.47. The number of carboxylic acid groups (broad SMARTS) is 1. The van der Waals surface area contributed by atoms with Crippen LogP contribution in [0.5, 0.6) is 11.6 Å². The first-order valence-corrected chi connectivity index (χ1v) is 15.6. The van der Waals surface area contributed by atoms with Crippen LogP contribution in [0.1, 0.15) is 38.3 Å². The number of carbonyl (C=O) groups excluding carboxylic acids is 1. The van der Waals surface area contributed by atoms with E-state index in [1.54, 1.807) is 26.4 Å². The molecule has 0 atom stereocenters. The van der Waals surface area contributed by atoms with Gasteiger partial charge in [0.25, 0.3) is 0 Å². The molecule has 248 valence electrons. The molecule has 47 heavy (non-hydrogen) atoms. The highest BCUT2D eigenvalue weighted by atomic mass is 35.5. The Balaban J connectivity index is 1.63. The summed E-state index contributed by atoms with van der Waals surface area (Å²) in [5.74, 6) is 0.118. The summed E-state index contributed by atoms with van der Waals surface area (Å²) < 4.78 is 16.7. The first-order chi connectivity index (χ1) is 22.3. The Bertz CT molecular complexity index is 1760. The second-order valence-electron chi connectivity index (χ2n) is 11.7. The largest absolute Gasteiger partial charge is 0.496 e. The maximum Gasteiger partial charge on any atom is 0.410 e. The van der Waals surface area contributed by atoms with Gasteiger partial charge in [-0.05, 0) is 45.0 Å². The van der Waals surface area contributed by atoms with Crippen molar-refractivity contribution in [3.8, 4) is 45.3 Å². The third-order valence-corrected chi connectivity index (χ3v) is 7.88. The number of hydrogen-bond acceptors (Lipinski definition) is 8. The molecular weight excluding hydrogens is 643 g/mol. The first-order valence-electron chi connectivity index (χ1n) is 14.8. The van der Waals surface area contributed by atoms with Crippen molar-refractivity contribution in [1.82, 2.24) is 20.2 Å². The third-order valence-electron chi connectivity index (χ3n) is 7.09. The number of benzene rings is 2. The molecule has 0 saturated heterocycles. The molecule has 0 bridgehead atoms. The monoisotopic (exact) mass is 680 g/mol. The molecular formula is C35H38Cl2N4O6. The van der Waals surface area contributed by atoms with E-state index in [2.05, 4.69) is 10.3 Å². The zero-order valence-electron chi connectivity index (χ0n) is 27.2. The number of carbonyl (C=O) groups is 2. The number of ether oxygens (including phenoxy) is 3. The maximum atomic E-state index is 12.5. The van der Waals surface area contributed by atoms with E-state index in [-0.39, 0.29) is 13.0 Å². The van der Waals surface area contributed by atoms with Gasteiger partial charge in [0.1, 0.15) is 11.4 Å². The minimum Gasteiger partial charge on any atom is -0.496 e. The molecule has 12 heteroatoms. The standard InChI is InChI=1S/C35H38Cl2N4O6/c1-35(2,3)47-34(44)41(4)20-23-12-13-27(40-33(23)46-6)26-9-7-8-24(30(26)36)25-14-17-39-32(31(25)37)21-10-11-22(28(18-21)45-5)19-38-16-15-29(42)43/h7-14,17-18,38H,15-16,19-20H2,1-6H3,(H,42,43). The highest BCUT2D eigenvalue weighted by Gasteiger charge is 2.22. The molecule has 4 aromatic rings. The number of nitrogens with one attached hydrogen (secondary N) is 1. The van der Waals surface area contributed by atoms with Gasteiger partial charge in [-0.15, -0.1) is 0 Å². The molecule has 2 aromatic heterocycles. The number of aromatic nitrogens is 2. The van der Waals surface area contributed by atoms with Gasteiger partial charge in [0.2, 0.25) is 5.88 Å². The molecule has 4 rings (SSSR count). The van der Waals surface area contributed by atoms with Crippen LogP contribution in [0.15, 0.2) is 60.8 Å². The fourth-order valence-corrected chi connectivity index (χ4v) is 5.47. The van der Waals surface area contributed by atoms with E-state index < -0.39 is 17.7 Å². The van der Waals surface area contributed by atoms with E-state index in [9.17, 15) is 9.59 Å². The van der Waals surface area contributed by atoms with E-state index in [1.165, 1.54) is 12.0 Å². The average molecular weight is 682 g/mol. The lowest BCUT2D eigenvalue weighted by atomic mass is 9.99. The van der Waals surface area contributed by atoms with Crippen LogP contribution >= 0.6 is 23.2 Å². The number of hydrogen-bond donors (Lipinski definition) is 2. The van der Waals surface area contributed by atoms with Crippen LogP contribution in [0.3, 0.4) is 0 Å². The number of rotatable bonds is 12. The Kier molecular flexibility index (Phi) is 11.7. The van der Waals surface area contributed by atoms with Gasteiger partial charge < -0.3 is 29.5 Å². The lowest BCUT2D eigenvalue weighted by molar-refractivity contribution is -0.136. The molecule has 2 heterocycles. The molecule has 0 fully saturated rings. The summed E-state index contributed by atoms with van der Waals surface area (Å²) in [5, 5.41) is 12.8. The molecule has 0 aliphatic heterocycles. The van der Waals surface area contributed by atoms with Crippen LogP contribution in [0, 0.1) is 0 Å². The van der Waals surface area contributed by atoms with E-state index in [4.69, 9.17) is 47.5 Å². The van der Waals surface area contributed by atoms with Crippen LogP contribution in [-0.2, 0) is 22.6 Å². The Morgan fingerprint density at radius 1 is 0.936 bits per heavy atom. The lowest BCUT2D eigenvalue weighted by Crippen LogP contribution is -2.33. The molecule has 1 amide bonds. The van der Waals surface area contributed by atoms with Gasteiger partial charge in [0.05, 0.1) is 48.6 Å². The summed E-state index contributed by atoms with van der Waals surface area (Å²) >= 11 is 14.0. The average Bonchev–Trinajstić information content (AvgIpc) is 3.03. The number of amides is 1. The number of carboxylic acids is 1. The van der Waals surface area contributed by atoms with Gasteiger partial charge in [-0.3, -0.25) is 9.78 Å². The molecule has 10 nitrogen and oxygen atoms in total. The van der Waals surface area contributed by atoms with Crippen LogP contribution in [0.4, 0.5) is 4.79 Å². The minimum absolute atomic E-state index is 0.0266. The van der Waals surface area contributed by atoms with Crippen molar-refractivity contribution in [3.63, 3.8) is 0 Å². The summed E-state index contributed by atoms with van der Waals surface area (Å²) in [5.41, 5.74) is 4.89. The molecule has 0 spiro atoms. The third kappa shape index (κ3) is 8.91. The predicted octanol–water partition coefficient (Wildman–Crippen LogP) is 7.73. The molecule has 2 aromatic carbocycles. The van der Waals surface area contributed by atoms with Crippen LogP contribution in [0.2, 0.25) is 10.0 Å². The van der Waals surface area contributed by atoms with Gasteiger partial charge >= 0.3 is 12.1 Å². The minimum atomic E-state index is -0.861. The van der Waals surface area contributed by atoms with Gasteiger partial charge in [0.15, 0.2) is 0 Å². The van der Waals surface area contributed by atoms with Crippen LogP contribution < -0.4 is 14.8 Å². The second-order valence-corrected chi connectivity index (χ2v) is 12.5. The topological polar surface area (TPSA) is 123 Å². The normalized spacial score (nSPS) is 11.2. The molecule has 0 radical (unpaired) electrons. The number of nitrogens with zero attached hydrogens (tertiary/aromatic N) is 3. The van der Waals surface area contributed by atoms with Gasteiger partial charge in [-0.25, -0.2) is 9.78 Å². The van der Waals surface area contributed by atoms with Crippen molar-refractivity contribution in [3.05, 3.63) is 82.0 Å². The zero-order valence-corrected chi connectivity index (χ0v) is 28.7. The smallest absolute Gasteiger partial charge is 0.410 e. The van der Waals surface area contributed by atoms with Gasteiger partial charge in [0, 0.05) is 59.7 Å². The Hall–Kier alpha value is -4.38. The van der Waals surface area contributed by atoms with Crippen LogP contribution in [-0.4, -0.2) is 65.5 Å². The summed E-state index contributed by atoms with van der Waals surface area (Å²) in [4.78, 5) is 34.1. The van der Waals surface area contributed by atoms with Crippen LogP contribution in [0.25, 0.3) is 33.6 Å². The van der Waals surface area contributed by atoms with Crippen molar-refractivity contribution in [2.24, 2.45) is 0 Å². The zero-order chi connectivity index (χ0) is 34.3. The second kappa shape index (κ2) is 15.5. The first kappa shape index (κ1) is 35.5. The Morgan fingerprint density at radius 2 is 1.64 bits per heavy atom. The lowest BCUT2D eigenvalue weighted by Gasteiger charge is -2.25. The van der Waals surface area contributed by atoms with Crippen molar-refractivity contribution in [2.45, 2.75) is 45.9 Å². The number of pyridine rings is 2. The van der Waals surface area contributed by atoms with Crippen molar-refractivity contribution in [2.75, 3.05) is 27.8 Å². The van der Waals surface area contributed by atoms with E-state index in [0.29, 0.717) is 68.4 Å². The summed E-state index contributed by atoms with van der Waals surface area (Å²) in [6.07, 6.45) is 1.25. The van der Waals surface area contributed by atoms with E-state index in [0.717, 1.165) is 11.1 Å². The SMILES string of the molecule is COc1cc(-c2nccc(-c3cccc(-c4ccc(CN(C)C(=O)OC(C)(C)C)c(OC)n4)c3Cl)c2Cl)ccc1CNCCC(=O)O. The molecule has 0 unspecified atom stereocenters. The molecule has 2 N–H and O–H groups in total. The number of halogens is 2. The molecule has 0 aliphatic carbocycles. The van der Waals surface area contributed by atoms with Crippen molar-refractivity contribution < 1.29 is 28.9 Å².